The quantitative estimate of drug-likeness (QED) is 0.677. The fraction of sp³-hybridized carbons (Fsp3) is 0.519. The lowest BCUT2D eigenvalue weighted by Crippen LogP contribution is -2.54. The minimum absolute atomic E-state index is 0.146. The second kappa shape index (κ2) is 7.98. The van der Waals surface area contributed by atoms with Crippen molar-refractivity contribution in [1.82, 2.24) is 4.90 Å². The summed E-state index contributed by atoms with van der Waals surface area (Å²) in [5.41, 5.74) is 6.49. The molecule has 32 heavy (non-hydrogen) atoms. The highest BCUT2D eigenvalue weighted by Gasteiger charge is 2.39. The molecule has 5 nitrogen and oxygen atoms in total. The maximum absolute atomic E-state index is 13.6. The molecule has 0 bridgehead atoms. The van der Waals surface area contributed by atoms with Crippen LogP contribution in [-0.2, 0) is 14.9 Å². The van der Waals surface area contributed by atoms with Crippen LogP contribution in [0.25, 0.3) is 11.1 Å². The first-order valence-corrected chi connectivity index (χ1v) is 11.8. The summed E-state index contributed by atoms with van der Waals surface area (Å²) < 4.78 is 11.0. The third-order valence-electron chi connectivity index (χ3n) is 7.66. The maximum atomic E-state index is 13.6. The smallest absolute Gasteiger partial charge is 0.182 e. The molecule has 3 aliphatic rings. The average molecular weight is 435 g/mol. The van der Waals surface area contributed by atoms with E-state index in [2.05, 4.69) is 54.0 Å². The molecular weight excluding hydrogens is 400 g/mol. The molecule has 5 heteroatoms. The van der Waals surface area contributed by atoms with Gasteiger partial charge in [0.15, 0.2) is 5.78 Å². The van der Waals surface area contributed by atoms with E-state index in [1.54, 1.807) is 0 Å². The number of benzene rings is 2. The number of ether oxygens (including phenoxy) is 2. The summed E-state index contributed by atoms with van der Waals surface area (Å²) in [6, 6.07) is 13.2. The van der Waals surface area contributed by atoms with Crippen molar-refractivity contribution < 1.29 is 14.3 Å². The van der Waals surface area contributed by atoms with Crippen molar-refractivity contribution in [3.8, 4) is 11.1 Å². The van der Waals surface area contributed by atoms with E-state index in [0.29, 0.717) is 13.2 Å². The van der Waals surface area contributed by atoms with Crippen molar-refractivity contribution in [1.29, 1.82) is 0 Å². The van der Waals surface area contributed by atoms with Crippen LogP contribution in [0.4, 0.5) is 5.69 Å². The highest BCUT2D eigenvalue weighted by Crippen LogP contribution is 2.50. The lowest BCUT2D eigenvalue weighted by atomic mass is 9.80. The topological polar surface area (TPSA) is 42.0 Å². The van der Waals surface area contributed by atoms with Gasteiger partial charge in [-0.1, -0.05) is 32.0 Å². The highest BCUT2D eigenvalue weighted by atomic mass is 16.5. The van der Waals surface area contributed by atoms with Crippen molar-refractivity contribution >= 4 is 11.5 Å². The van der Waals surface area contributed by atoms with Crippen LogP contribution < -0.4 is 4.90 Å². The number of carbonyl (C=O) groups is 1. The van der Waals surface area contributed by atoms with Gasteiger partial charge in [-0.25, -0.2) is 0 Å². The molecule has 0 saturated carbocycles. The van der Waals surface area contributed by atoms with E-state index >= 15 is 0 Å². The fourth-order valence-corrected chi connectivity index (χ4v) is 5.50. The number of nitrogens with zero attached hydrogens (tertiary/aromatic N) is 2. The van der Waals surface area contributed by atoms with E-state index in [1.165, 1.54) is 27.9 Å². The van der Waals surface area contributed by atoms with Gasteiger partial charge in [0, 0.05) is 42.8 Å². The Morgan fingerprint density at radius 3 is 2.06 bits per heavy atom. The van der Waals surface area contributed by atoms with Crippen LogP contribution in [0.1, 0.15) is 49.2 Å². The van der Waals surface area contributed by atoms with Crippen LogP contribution in [0.3, 0.4) is 0 Å². The molecule has 0 spiro atoms. The zero-order chi connectivity index (χ0) is 22.5. The number of rotatable bonds is 4. The zero-order valence-corrected chi connectivity index (χ0v) is 19.7. The van der Waals surface area contributed by atoms with E-state index in [4.69, 9.17) is 9.47 Å². The van der Waals surface area contributed by atoms with Crippen molar-refractivity contribution in [2.24, 2.45) is 0 Å². The van der Waals surface area contributed by atoms with Gasteiger partial charge in [0.2, 0.25) is 0 Å². The predicted molar refractivity (Wildman–Crippen MR) is 128 cm³/mol. The summed E-state index contributed by atoms with van der Waals surface area (Å²) >= 11 is 0. The largest absolute Gasteiger partial charge is 0.379 e. The Hall–Kier alpha value is -2.21. The Kier molecular flexibility index (Phi) is 5.39. The van der Waals surface area contributed by atoms with Crippen LogP contribution in [0.2, 0.25) is 0 Å². The first kappa shape index (κ1) is 21.6. The van der Waals surface area contributed by atoms with Gasteiger partial charge in [-0.05, 0) is 54.3 Å². The van der Waals surface area contributed by atoms with Crippen molar-refractivity contribution in [3.63, 3.8) is 0 Å². The van der Waals surface area contributed by atoms with Crippen molar-refractivity contribution in [3.05, 3.63) is 53.1 Å². The summed E-state index contributed by atoms with van der Waals surface area (Å²) in [4.78, 5) is 18.3. The third-order valence-corrected chi connectivity index (χ3v) is 7.66. The number of Topliss-reactive ketones (excluding diaryl/α,β-unsaturated/α-hetero) is 1. The number of hydrogen-bond acceptors (Lipinski definition) is 5. The first-order valence-electron chi connectivity index (χ1n) is 11.8. The molecule has 0 N–H and O–H groups in total. The second-order valence-electron chi connectivity index (χ2n) is 10.2. The summed E-state index contributed by atoms with van der Waals surface area (Å²) in [6.07, 6.45) is 0. The Morgan fingerprint density at radius 2 is 1.41 bits per heavy atom. The molecule has 0 aromatic heterocycles. The summed E-state index contributed by atoms with van der Waals surface area (Å²) in [5.74, 6) is 0.183. The number of anilines is 1. The van der Waals surface area contributed by atoms with Crippen LogP contribution in [0, 0.1) is 0 Å². The highest BCUT2D eigenvalue weighted by molar-refractivity contribution is 6.03. The van der Waals surface area contributed by atoms with E-state index in [9.17, 15) is 4.79 Å². The van der Waals surface area contributed by atoms with Crippen molar-refractivity contribution in [2.75, 3.05) is 57.5 Å². The van der Waals surface area contributed by atoms with Crippen LogP contribution >= 0.6 is 0 Å². The average Bonchev–Trinajstić information content (AvgIpc) is 3.05. The molecule has 0 amide bonds. The Bertz CT molecular complexity index is 1030. The number of morpholine rings is 2. The third kappa shape index (κ3) is 3.47. The Balaban J connectivity index is 1.48. The van der Waals surface area contributed by atoms with Gasteiger partial charge >= 0.3 is 0 Å². The van der Waals surface area contributed by atoms with Gasteiger partial charge in [0.1, 0.15) is 0 Å². The second-order valence-corrected chi connectivity index (χ2v) is 10.2. The van der Waals surface area contributed by atoms with Gasteiger partial charge in [0.25, 0.3) is 0 Å². The van der Waals surface area contributed by atoms with Gasteiger partial charge < -0.3 is 14.4 Å². The van der Waals surface area contributed by atoms with Gasteiger partial charge in [-0.3, -0.25) is 9.69 Å². The maximum Gasteiger partial charge on any atom is 0.182 e. The SMILES string of the molecule is CC1(C)c2cc(C(=O)C(C)(C)N3CCOCC3)ccc2-c2ccc(N3CCOCC3)cc21. The number of hydrogen-bond donors (Lipinski definition) is 0. The molecule has 170 valence electrons. The zero-order valence-electron chi connectivity index (χ0n) is 19.7. The van der Waals surface area contributed by atoms with Crippen LogP contribution in [-0.4, -0.2) is 68.8 Å². The van der Waals surface area contributed by atoms with E-state index in [1.807, 2.05) is 19.9 Å². The van der Waals surface area contributed by atoms with E-state index in [0.717, 1.165) is 45.0 Å². The van der Waals surface area contributed by atoms with Gasteiger partial charge in [-0.2, -0.15) is 0 Å². The molecule has 0 atom stereocenters. The molecular formula is C27H34N2O3. The number of ketones is 1. The minimum atomic E-state index is -0.545. The lowest BCUT2D eigenvalue weighted by Gasteiger charge is -2.39. The molecule has 0 radical (unpaired) electrons. The molecule has 0 unspecified atom stereocenters. The number of carbonyl (C=O) groups excluding carboxylic acids is 1. The summed E-state index contributed by atoms with van der Waals surface area (Å²) in [5, 5.41) is 0. The first-order chi connectivity index (χ1) is 15.3. The fourth-order valence-electron chi connectivity index (χ4n) is 5.50. The molecule has 1 aliphatic carbocycles. The molecule has 2 aromatic rings. The molecule has 2 heterocycles. The molecule has 2 aromatic carbocycles. The molecule has 5 rings (SSSR count). The lowest BCUT2D eigenvalue weighted by molar-refractivity contribution is -0.00430. The Morgan fingerprint density at radius 1 is 0.844 bits per heavy atom. The summed E-state index contributed by atoms with van der Waals surface area (Å²) in [7, 11) is 0. The van der Waals surface area contributed by atoms with E-state index < -0.39 is 5.54 Å². The monoisotopic (exact) mass is 434 g/mol. The molecule has 2 aliphatic heterocycles. The Labute approximate surface area is 191 Å². The molecule has 2 saturated heterocycles. The summed E-state index contributed by atoms with van der Waals surface area (Å²) in [6.45, 7) is 15.0. The predicted octanol–water partition coefficient (Wildman–Crippen LogP) is 4.12. The van der Waals surface area contributed by atoms with Gasteiger partial charge in [0.05, 0.1) is 32.0 Å². The van der Waals surface area contributed by atoms with Crippen LogP contribution in [0.5, 0.6) is 0 Å². The minimum Gasteiger partial charge on any atom is -0.379 e. The number of fused-ring (bicyclic) bond motifs is 3. The molecule has 2 fully saturated rings. The van der Waals surface area contributed by atoms with Gasteiger partial charge in [-0.15, -0.1) is 0 Å². The van der Waals surface area contributed by atoms with E-state index in [-0.39, 0.29) is 11.2 Å². The normalized spacial score (nSPS) is 20.7. The van der Waals surface area contributed by atoms with Crippen LogP contribution in [0.15, 0.2) is 36.4 Å². The standard InChI is InChI=1S/C27H34N2O3/c1-26(2)23-17-19(25(30)27(3,4)29-11-15-32-16-12-29)5-7-21(23)22-8-6-20(18-24(22)26)28-9-13-31-14-10-28/h5-8,17-18H,9-16H2,1-4H3. The van der Waals surface area contributed by atoms with Crippen molar-refractivity contribution in [2.45, 2.75) is 38.6 Å².